The maximum Gasteiger partial charge on any atom is 0.196 e. The Morgan fingerprint density at radius 1 is 1.00 bits per heavy atom. The Morgan fingerprint density at radius 2 is 1.64 bits per heavy atom. The van der Waals surface area contributed by atoms with Crippen molar-refractivity contribution in [3.8, 4) is 5.69 Å². The van der Waals surface area contributed by atoms with Gasteiger partial charge in [0.15, 0.2) is 5.16 Å². The number of rotatable bonds is 6. The quantitative estimate of drug-likeness (QED) is 0.647. The molecule has 5 aliphatic rings. The zero-order valence-corrected chi connectivity index (χ0v) is 17.0. The minimum atomic E-state index is -0.0152. The zero-order valence-electron chi connectivity index (χ0n) is 16.2. The van der Waals surface area contributed by atoms with Crippen LogP contribution in [-0.2, 0) is 4.79 Å². The van der Waals surface area contributed by atoms with Gasteiger partial charge in [0.1, 0.15) is 11.6 Å². The summed E-state index contributed by atoms with van der Waals surface area (Å²) < 4.78 is 2.19. The molecule has 1 aromatic heterocycles. The van der Waals surface area contributed by atoms with E-state index in [1.807, 2.05) is 6.07 Å². The van der Waals surface area contributed by atoms with E-state index in [1.54, 1.807) is 11.8 Å². The van der Waals surface area contributed by atoms with Crippen molar-refractivity contribution < 1.29 is 4.79 Å². The molecule has 5 fully saturated rings. The fourth-order valence-corrected chi connectivity index (χ4v) is 7.53. The molecule has 5 saturated carbocycles. The topological polar surface area (TPSA) is 47.8 Å². The lowest BCUT2D eigenvalue weighted by molar-refractivity contribution is -0.141. The molecule has 5 heteroatoms. The smallest absolute Gasteiger partial charge is 0.196 e. The fourth-order valence-electron chi connectivity index (χ4n) is 6.54. The number of benzene rings is 1. The summed E-state index contributed by atoms with van der Waals surface area (Å²) >= 11 is 1.60. The van der Waals surface area contributed by atoms with Gasteiger partial charge in [-0.05, 0) is 81.3 Å². The van der Waals surface area contributed by atoms with Crippen LogP contribution in [0.3, 0.4) is 0 Å². The number of carbonyl (C=O) groups is 1. The first kappa shape index (κ1) is 17.3. The van der Waals surface area contributed by atoms with Crippen molar-refractivity contribution in [2.45, 2.75) is 62.4 Å². The van der Waals surface area contributed by atoms with E-state index in [0.29, 0.717) is 17.5 Å². The molecule has 4 bridgehead atoms. The lowest BCUT2D eigenvalue weighted by Gasteiger charge is -2.56. The highest BCUT2D eigenvalue weighted by Gasteiger charge is 2.54. The van der Waals surface area contributed by atoms with Gasteiger partial charge in [-0.2, -0.15) is 0 Å². The summed E-state index contributed by atoms with van der Waals surface area (Å²) in [6.07, 6.45) is 9.99. The van der Waals surface area contributed by atoms with Gasteiger partial charge < -0.3 is 0 Å². The first-order valence-corrected chi connectivity index (χ1v) is 11.9. The molecule has 0 radical (unpaired) electrons. The molecule has 146 valence electrons. The number of Topliss-reactive ketones (excluding diaryl/α,β-unsaturated/α-hetero) is 1. The van der Waals surface area contributed by atoms with E-state index in [0.717, 1.165) is 53.7 Å². The second-order valence-electron chi connectivity index (χ2n) is 9.70. The third-order valence-electron chi connectivity index (χ3n) is 7.58. The highest BCUT2D eigenvalue weighted by Crippen LogP contribution is 2.60. The Labute approximate surface area is 170 Å². The molecule has 0 atom stereocenters. The van der Waals surface area contributed by atoms with Crippen LogP contribution >= 0.6 is 11.8 Å². The molecule has 0 spiro atoms. The average molecular weight is 394 g/mol. The summed E-state index contributed by atoms with van der Waals surface area (Å²) in [6.45, 7) is 0. The number of thioether (sulfide) groups is 1. The first-order valence-electron chi connectivity index (χ1n) is 10.9. The van der Waals surface area contributed by atoms with Gasteiger partial charge in [-0.1, -0.05) is 30.0 Å². The molecule has 0 amide bonds. The van der Waals surface area contributed by atoms with E-state index in [-0.39, 0.29) is 5.41 Å². The largest absolute Gasteiger partial charge is 0.298 e. The van der Waals surface area contributed by atoms with Crippen LogP contribution in [-0.4, -0.2) is 26.3 Å². The number of ketones is 1. The van der Waals surface area contributed by atoms with Crippen molar-refractivity contribution in [2.24, 2.45) is 23.2 Å². The summed E-state index contributed by atoms with van der Waals surface area (Å²) in [7, 11) is 0. The zero-order chi connectivity index (χ0) is 18.7. The first-order chi connectivity index (χ1) is 13.7. The molecule has 1 heterocycles. The van der Waals surface area contributed by atoms with Crippen molar-refractivity contribution in [3.63, 3.8) is 0 Å². The Bertz CT molecular complexity index is 867. The van der Waals surface area contributed by atoms with Crippen LogP contribution in [0.2, 0.25) is 0 Å². The predicted molar refractivity (Wildman–Crippen MR) is 110 cm³/mol. The van der Waals surface area contributed by atoms with Gasteiger partial charge in [0.2, 0.25) is 0 Å². The van der Waals surface area contributed by atoms with Crippen molar-refractivity contribution in [1.82, 2.24) is 14.8 Å². The summed E-state index contributed by atoms with van der Waals surface area (Å²) in [5.74, 6) is 5.06. The number of aromatic nitrogens is 3. The van der Waals surface area contributed by atoms with E-state index in [1.165, 1.54) is 32.1 Å². The molecule has 1 aromatic carbocycles. The molecule has 2 aromatic rings. The van der Waals surface area contributed by atoms with Gasteiger partial charge in [-0.3, -0.25) is 9.36 Å². The van der Waals surface area contributed by atoms with Crippen molar-refractivity contribution in [2.75, 3.05) is 5.75 Å². The molecule has 0 saturated heterocycles. The Morgan fingerprint density at radius 3 is 2.25 bits per heavy atom. The summed E-state index contributed by atoms with van der Waals surface area (Å²) in [6, 6.07) is 10.4. The van der Waals surface area contributed by atoms with Crippen LogP contribution in [0.25, 0.3) is 5.69 Å². The van der Waals surface area contributed by atoms with Gasteiger partial charge >= 0.3 is 0 Å². The lowest BCUT2D eigenvalue weighted by Crippen LogP contribution is -2.50. The SMILES string of the molecule is O=C(CSc1nnc(C2CC2)n1-c1ccccc1)C12CC3CC(CC(C3)C1)C2. The maximum atomic E-state index is 13.4. The Balaban J connectivity index is 1.24. The van der Waals surface area contributed by atoms with Crippen molar-refractivity contribution in [1.29, 1.82) is 0 Å². The molecular formula is C23H27N3OS. The summed E-state index contributed by atoms with van der Waals surface area (Å²) in [5.41, 5.74) is 1.10. The normalized spacial score (nSPS) is 33.4. The van der Waals surface area contributed by atoms with Crippen LogP contribution in [0.15, 0.2) is 35.5 Å². The average Bonchev–Trinajstić information content (AvgIpc) is 3.45. The number of hydrogen-bond acceptors (Lipinski definition) is 4. The molecule has 7 rings (SSSR count). The fraction of sp³-hybridized carbons (Fsp3) is 0.609. The number of nitrogens with zero attached hydrogens (tertiary/aromatic N) is 3. The minimum Gasteiger partial charge on any atom is -0.298 e. The number of carbonyl (C=O) groups excluding carboxylic acids is 1. The maximum absolute atomic E-state index is 13.4. The van der Waals surface area contributed by atoms with Crippen molar-refractivity contribution in [3.05, 3.63) is 36.2 Å². The molecule has 28 heavy (non-hydrogen) atoms. The second-order valence-corrected chi connectivity index (χ2v) is 10.6. The van der Waals surface area contributed by atoms with Gasteiger partial charge in [0.25, 0.3) is 0 Å². The minimum absolute atomic E-state index is 0.0152. The Hall–Kier alpha value is -1.62. The van der Waals surface area contributed by atoms with Gasteiger partial charge in [0.05, 0.1) is 5.75 Å². The second kappa shape index (κ2) is 6.45. The van der Waals surface area contributed by atoms with Crippen LogP contribution in [0.1, 0.15) is 63.1 Å². The van der Waals surface area contributed by atoms with E-state index in [4.69, 9.17) is 0 Å². The van der Waals surface area contributed by atoms with Gasteiger partial charge in [-0.25, -0.2) is 0 Å². The van der Waals surface area contributed by atoms with Gasteiger partial charge in [0, 0.05) is 17.0 Å². The van der Waals surface area contributed by atoms with E-state index in [9.17, 15) is 4.79 Å². The molecule has 0 unspecified atom stereocenters. The van der Waals surface area contributed by atoms with Crippen molar-refractivity contribution >= 4 is 17.5 Å². The van der Waals surface area contributed by atoms with Crippen LogP contribution < -0.4 is 0 Å². The van der Waals surface area contributed by atoms with E-state index in [2.05, 4.69) is 39.0 Å². The van der Waals surface area contributed by atoms with E-state index < -0.39 is 0 Å². The highest BCUT2D eigenvalue weighted by molar-refractivity contribution is 7.99. The molecular weight excluding hydrogens is 366 g/mol. The predicted octanol–water partition coefficient (Wildman–Crippen LogP) is 5.02. The Kier molecular flexibility index (Phi) is 3.97. The standard InChI is InChI=1S/C23H27N3OS/c27-20(23-11-15-8-16(12-23)10-17(9-15)13-23)14-28-22-25-24-21(18-6-7-18)26(22)19-4-2-1-3-5-19/h1-5,15-18H,6-14H2. The summed E-state index contributed by atoms with van der Waals surface area (Å²) in [5, 5.41) is 9.88. The van der Waals surface area contributed by atoms with Crippen LogP contribution in [0, 0.1) is 23.2 Å². The number of para-hydroxylation sites is 1. The monoisotopic (exact) mass is 393 g/mol. The molecule has 5 aliphatic carbocycles. The summed E-state index contributed by atoms with van der Waals surface area (Å²) in [4.78, 5) is 13.4. The molecule has 4 nitrogen and oxygen atoms in total. The highest BCUT2D eigenvalue weighted by atomic mass is 32.2. The molecule has 0 N–H and O–H groups in total. The van der Waals surface area contributed by atoms with E-state index >= 15 is 0 Å². The van der Waals surface area contributed by atoms with Crippen LogP contribution in [0.5, 0.6) is 0 Å². The lowest BCUT2D eigenvalue weighted by atomic mass is 9.48. The third-order valence-corrected chi connectivity index (χ3v) is 8.51. The number of hydrogen-bond donors (Lipinski definition) is 0. The van der Waals surface area contributed by atoms with Crippen LogP contribution in [0.4, 0.5) is 0 Å². The third kappa shape index (κ3) is 2.85. The molecule has 0 aliphatic heterocycles. The van der Waals surface area contributed by atoms with Gasteiger partial charge in [-0.15, -0.1) is 10.2 Å².